The van der Waals surface area contributed by atoms with Crippen molar-refractivity contribution >= 4 is 5.65 Å². The third kappa shape index (κ3) is 1.29. The van der Waals surface area contributed by atoms with Crippen LogP contribution < -0.4 is 0 Å². The third-order valence-electron chi connectivity index (χ3n) is 1.92. The summed E-state index contributed by atoms with van der Waals surface area (Å²) in [7, 11) is 0. The minimum atomic E-state index is -0.578. The minimum absolute atomic E-state index is 0.578. The minimum Gasteiger partial charge on any atom is -0.387 e. The van der Waals surface area contributed by atoms with Gasteiger partial charge >= 0.3 is 0 Å². The van der Waals surface area contributed by atoms with E-state index in [9.17, 15) is 5.11 Å². The van der Waals surface area contributed by atoms with Crippen LogP contribution in [-0.2, 0) is 0 Å². The van der Waals surface area contributed by atoms with Crippen molar-refractivity contribution in [1.29, 1.82) is 0 Å². The van der Waals surface area contributed by atoms with Gasteiger partial charge < -0.3 is 9.51 Å². The summed E-state index contributed by atoms with van der Waals surface area (Å²) >= 11 is 0. The lowest BCUT2D eigenvalue weighted by atomic mass is 10.3. The van der Waals surface area contributed by atoms with Gasteiger partial charge in [0.05, 0.1) is 11.8 Å². The van der Waals surface area contributed by atoms with Gasteiger partial charge in [-0.25, -0.2) is 4.98 Å². The van der Waals surface area contributed by atoms with Gasteiger partial charge in [0.1, 0.15) is 5.69 Å². The fourth-order valence-corrected chi connectivity index (χ4v) is 1.36. The first kappa shape index (κ1) is 8.19. The van der Waals surface area contributed by atoms with E-state index in [4.69, 9.17) is 0 Å². The van der Waals surface area contributed by atoms with Gasteiger partial charge in [0.15, 0.2) is 5.65 Å². The van der Waals surface area contributed by atoms with Crippen LogP contribution in [0.25, 0.3) is 5.65 Å². The lowest BCUT2D eigenvalue weighted by molar-refractivity contribution is 0.195. The molecule has 1 atom stereocenters. The van der Waals surface area contributed by atoms with E-state index >= 15 is 0 Å². The average Bonchev–Trinajstić information content (AvgIpc) is 2.43. The highest BCUT2D eigenvalue weighted by Gasteiger charge is 2.09. The number of hydrogen-bond donors (Lipinski definition) is 1. The molecule has 0 aromatic carbocycles. The molecule has 0 saturated carbocycles. The fraction of sp³-hybridized carbons (Fsp3) is 0.333. The number of aryl methyl sites for hydroxylation is 1. The summed E-state index contributed by atoms with van der Waals surface area (Å²) in [5, 5.41) is 9.42. The number of fused-ring (bicyclic) bond motifs is 1. The maximum atomic E-state index is 9.42. The summed E-state index contributed by atoms with van der Waals surface area (Å²) in [5.74, 6) is 0. The van der Waals surface area contributed by atoms with E-state index in [-0.39, 0.29) is 0 Å². The van der Waals surface area contributed by atoms with Crippen LogP contribution in [0.5, 0.6) is 0 Å². The zero-order valence-corrected chi connectivity index (χ0v) is 7.60. The van der Waals surface area contributed by atoms with E-state index in [1.165, 1.54) is 0 Å². The van der Waals surface area contributed by atoms with Crippen molar-refractivity contribution in [3.63, 3.8) is 0 Å². The molecule has 0 aliphatic rings. The van der Waals surface area contributed by atoms with Gasteiger partial charge in [-0.05, 0) is 13.8 Å². The molecule has 0 saturated heterocycles. The normalized spacial score (nSPS) is 13.5. The van der Waals surface area contributed by atoms with Gasteiger partial charge in [0, 0.05) is 18.6 Å². The summed E-state index contributed by atoms with van der Waals surface area (Å²) in [6.07, 6.45) is 4.81. The molecule has 0 aliphatic heterocycles. The lowest BCUT2D eigenvalue weighted by Crippen LogP contribution is -1.99. The van der Waals surface area contributed by atoms with Crippen LogP contribution >= 0.6 is 0 Å². The second-order valence-electron chi connectivity index (χ2n) is 3.10. The molecule has 0 aliphatic carbocycles. The van der Waals surface area contributed by atoms with Gasteiger partial charge in [-0.3, -0.25) is 4.98 Å². The second kappa shape index (κ2) is 2.81. The van der Waals surface area contributed by atoms with Gasteiger partial charge in [-0.2, -0.15) is 0 Å². The summed E-state index contributed by atoms with van der Waals surface area (Å²) in [6, 6.07) is 0. The molecule has 0 spiro atoms. The largest absolute Gasteiger partial charge is 0.387 e. The molecule has 1 unspecified atom stereocenters. The molecule has 2 heterocycles. The summed E-state index contributed by atoms with van der Waals surface area (Å²) in [4.78, 5) is 8.36. The monoisotopic (exact) mass is 177 g/mol. The number of rotatable bonds is 1. The number of nitrogens with zero attached hydrogens (tertiary/aromatic N) is 3. The van der Waals surface area contributed by atoms with Crippen molar-refractivity contribution in [1.82, 2.24) is 14.4 Å². The van der Waals surface area contributed by atoms with Gasteiger partial charge in [0.2, 0.25) is 0 Å². The lowest BCUT2D eigenvalue weighted by Gasteiger charge is -2.03. The molecule has 13 heavy (non-hydrogen) atoms. The Hall–Kier alpha value is -1.42. The van der Waals surface area contributed by atoms with Crippen molar-refractivity contribution in [3.8, 4) is 0 Å². The number of hydrogen-bond acceptors (Lipinski definition) is 3. The van der Waals surface area contributed by atoms with E-state index in [1.807, 2.05) is 23.7 Å². The van der Waals surface area contributed by atoms with Crippen molar-refractivity contribution in [2.75, 3.05) is 0 Å². The smallest absolute Gasteiger partial charge is 0.161 e. The zero-order chi connectivity index (χ0) is 9.42. The van der Waals surface area contributed by atoms with E-state index in [0.29, 0.717) is 5.69 Å². The summed E-state index contributed by atoms with van der Waals surface area (Å²) in [6.45, 7) is 3.60. The first-order valence-electron chi connectivity index (χ1n) is 4.17. The third-order valence-corrected chi connectivity index (χ3v) is 1.92. The van der Waals surface area contributed by atoms with E-state index in [0.717, 1.165) is 11.3 Å². The molecule has 2 aromatic heterocycles. The summed E-state index contributed by atoms with van der Waals surface area (Å²) < 4.78 is 1.87. The van der Waals surface area contributed by atoms with Crippen LogP contribution in [0, 0.1) is 6.92 Å². The van der Waals surface area contributed by atoms with Crippen LogP contribution in [0.15, 0.2) is 18.6 Å². The second-order valence-corrected chi connectivity index (χ2v) is 3.10. The SMILES string of the molecule is Cc1cn2ccnc(C(C)O)c2n1. The Labute approximate surface area is 75.9 Å². The Bertz CT molecular complexity index is 433. The van der Waals surface area contributed by atoms with Gasteiger partial charge in [0.25, 0.3) is 0 Å². The topological polar surface area (TPSA) is 50.4 Å². The fourth-order valence-electron chi connectivity index (χ4n) is 1.36. The van der Waals surface area contributed by atoms with Crippen molar-refractivity contribution in [3.05, 3.63) is 30.0 Å². The number of aliphatic hydroxyl groups excluding tert-OH is 1. The number of imidazole rings is 1. The van der Waals surface area contributed by atoms with Crippen molar-refractivity contribution in [2.45, 2.75) is 20.0 Å². The molecule has 0 radical (unpaired) electrons. The molecule has 0 fully saturated rings. The van der Waals surface area contributed by atoms with E-state index in [2.05, 4.69) is 9.97 Å². The Balaban J connectivity index is 2.75. The Kier molecular flexibility index (Phi) is 1.77. The zero-order valence-electron chi connectivity index (χ0n) is 7.60. The molecule has 1 N–H and O–H groups in total. The van der Waals surface area contributed by atoms with Crippen LogP contribution in [0.3, 0.4) is 0 Å². The maximum absolute atomic E-state index is 9.42. The predicted molar refractivity (Wildman–Crippen MR) is 48.4 cm³/mol. The van der Waals surface area contributed by atoms with Crippen LogP contribution in [0.1, 0.15) is 24.4 Å². The molecule has 4 heteroatoms. The Morgan fingerprint density at radius 3 is 3.00 bits per heavy atom. The first-order valence-corrected chi connectivity index (χ1v) is 4.17. The highest BCUT2D eigenvalue weighted by atomic mass is 16.3. The van der Waals surface area contributed by atoms with Gasteiger partial charge in [-0.1, -0.05) is 0 Å². The molecular formula is C9H11N3O. The van der Waals surface area contributed by atoms with Crippen LogP contribution in [0.2, 0.25) is 0 Å². The molecule has 4 nitrogen and oxygen atoms in total. The van der Waals surface area contributed by atoms with E-state index < -0.39 is 6.10 Å². The quantitative estimate of drug-likeness (QED) is 0.709. The highest BCUT2D eigenvalue weighted by Crippen LogP contribution is 2.14. The van der Waals surface area contributed by atoms with E-state index in [1.54, 1.807) is 13.1 Å². The van der Waals surface area contributed by atoms with Crippen molar-refractivity contribution < 1.29 is 5.11 Å². The highest BCUT2D eigenvalue weighted by molar-refractivity contribution is 5.45. The molecule has 0 bridgehead atoms. The first-order chi connectivity index (χ1) is 6.18. The average molecular weight is 177 g/mol. The maximum Gasteiger partial charge on any atom is 0.161 e. The molecule has 2 aromatic rings. The summed E-state index contributed by atoms with van der Waals surface area (Å²) in [5.41, 5.74) is 2.28. The van der Waals surface area contributed by atoms with Crippen LogP contribution in [0.4, 0.5) is 0 Å². The number of aliphatic hydroxyl groups is 1. The molecular weight excluding hydrogens is 166 g/mol. The van der Waals surface area contributed by atoms with Crippen molar-refractivity contribution in [2.24, 2.45) is 0 Å². The Morgan fingerprint density at radius 2 is 2.31 bits per heavy atom. The molecule has 0 amide bonds. The molecule has 2 rings (SSSR count). The predicted octanol–water partition coefficient (Wildman–Crippen LogP) is 1.09. The van der Waals surface area contributed by atoms with Gasteiger partial charge in [-0.15, -0.1) is 0 Å². The Morgan fingerprint density at radius 1 is 1.54 bits per heavy atom. The number of aromatic nitrogens is 3. The molecule has 68 valence electrons. The van der Waals surface area contributed by atoms with Crippen LogP contribution in [-0.4, -0.2) is 19.5 Å². The standard InChI is InChI=1S/C9H11N3O/c1-6-5-12-4-3-10-8(7(2)13)9(12)11-6/h3-5,7,13H,1-2H3.